The molecule has 2 aromatic carbocycles. The second-order valence-corrected chi connectivity index (χ2v) is 7.08. The van der Waals surface area contributed by atoms with E-state index in [2.05, 4.69) is 0 Å². The Morgan fingerprint density at radius 3 is 2.38 bits per heavy atom. The highest BCUT2D eigenvalue weighted by molar-refractivity contribution is 8.19. The van der Waals surface area contributed by atoms with Crippen molar-refractivity contribution in [2.75, 3.05) is 33.0 Å². The van der Waals surface area contributed by atoms with Crippen molar-refractivity contribution in [1.82, 2.24) is 0 Å². The van der Waals surface area contributed by atoms with Gasteiger partial charge >= 0.3 is 0 Å². The third-order valence-electron chi connectivity index (χ3n) is 4.42. The van der Waals surface area contributed by atoms with Crippen molar-refractivity contribution in [3.63, 3.8) is 0 Å². The minimum absolute atomic E-state index is 0.104. The van der Waals surface area contributed by atoms with Crippen LogP contribution < -0.4 is 28.6 Å². The van der Waals surface area contributed by atoms with Gasteiger partial charge in [0.1, 0.15) is 0 Å². The predicted octanol–water partition coefficient (Wildman–Crippen LogP) is 3.50. The van der Waals surface area contributed by atoms with E-state index in [9.17, 15) is 4.79 Å². The summed E-state index contributed by atoms with van der Waals surface area (Å²) in [4.78, 5) is 14.7. The van der Waals surface area contributed by atoms with Gasteiger partial charge in [-0.05, 0) is 47.7 Å². The molecule has 1 fully saturated rings. The van der Waals surface area contributed by atoms with Gasteiger partial charge in [-0.1, -0.05) is 0 Å². The van der Waals surface area contributed by atoms with Gasteiger partial charge in [0.2, 0.25) is 12.5 Å². The van der Waals surface area contributed by atoms with Crippen molar-refractivity contribution in [3.05, 3.63) is 40.8 Å². The molecule has 0 spiro atoms. The van der Waals surface area contributed by atoms with Crippen molar-refractivity contribution in [2.45, 2.75) is 0 Å². The number of thioether (sulfide) groups is 1. The number of ether oxygens (including phenoxy) is 5. The molecule has 1 saturated heterocycles. The van der Waals surface area contributed by atoms with E-state index in [0.29, 0.717) is 44.9 Å². The number of benzene rings is 2. The molecule has 4 rings (SSSR count). The Bertz CT molecular complexity index is 1010. The summed E-state index contributed by atoms with van der Waals surface area (Å²) in [5.41, 5.74) is 1.24. The average Bonchev–Trinajstić information content (AvgIpc) is 3.30. The Kier molecular flexibility index (Phi) is 4.98. The number of hydrogen-bond donors (Lipinski definition) is 1. The number of fused-ring (bicyclic) bond motifs is 1. The summed E-state index contributed by atoms with van der Waals surface area (Å²) in [5.74, 6) is 2.31. The lowest BCUT2D eigenvalue weighted by atomic mass is 10.1. The van der Waals surface area contributed by atoms with Crippen molar-refractivity contribution in [2.24, 2.45) is 0 Å². The number of nitrogens with zero attached hydrogens (tertiary/aromatic N) is 1. The number of hydrogen-bond acceptors (Lipinski definition) is 8. The van der Waals surface area contributed by atoms with Crippen LogP contribution >= 0.6 is 11.8 Å². The Hall–Kier alpha value is -3.33. The van der Waals surface area contributed by atoms with Gasteiger partial charge in [0.05, 0.1) is 31.9 Å². The molecule has 150 valence electrons. The number of rotatable bonds is 5. The van der Waals surface area contributed by atoms with E-state index < -0.39 is 0 Å². The standard InChI is InChI=1S/C20H18N2O6S/c1-24-15-6-11(7-16(25-2)18(15)26-3)8-17-19(23)22(20(21)29-17)12-4-5-13-14(9-12)28-10-27-13/h4-9,21H,10H2,1-3H3/b17-8-,21-20?. The van der Waals surface area contributed by atoms with Gasteiger partial charge in [-0.25, -0.2) is 0 Å². The maximum Gasteiger partial charge on any atom is 0.271 e. The van der Waals surface area contributed by atoms with Gasteiger partial charge in [0.15, 0.2) is 28.2 Å². The minimum Gasteiger partial charge on any atom is -0.493 e. The van der Waals surface area contributed by atoms with Gasteiger partial charge in [0, 0.05) is 6.07 Å². The number of nitrogens with one attached hydrogen (secondary N) is 1. The Labute approximate surface area is 171 Å². The fourth-order valence-corrected chi connectivity index (χ4v) is 3.94. The quantitative estimate of drug-likeness (QED) is 0.749. The molecular formula is C20H18N2O6S. The summed E-state index contributed by atoms with van der Waals surface area (Å²) in [6.07, 6.45) is 1.69. The number of amides is 1. The monoisotopic (exact) mass is 414 g/mol. The molecular weight excluding hydrogens is 396 g/mol. The predicted molar refractivity (Wildman–Crippen MR) is 109 cm³/mol. The zero-order valence-electron chi connectivity index (χ0n) is 16.0. The molecule has 9 heteroatoms. The van der Waals surface area contributed by atoms with Crippen LogP contribution in [0.1, 0.15) is 5.56 Å². The lowest BCUT2D eigenvalue weighted by Crippen LogP contribution is -2.28. The first-order valence-electron chi connectivity index (χ1n) is 8.58. The first-order valence-corrected chi connectivity index (χ1v) is 9.39. The average molecular weight is 414 g/mol. The minimum atomic E-state index is -0.299. The second-order valence-electron chi connectivity index (χ2n) is 6.05. The third-order valence-corrected chi connectivity index (χ3v) is 5.31. The Morgan fingerprint density at radius 2 is 1.72 bits per heavy atom. The number of methoxy groups -OCH3 is 3. The highest BCUT2D eigenvalue weighted by atomic mass is 32.2. The largest absolute Gasteiger partial charge is 0.493 e. The zero-order chi connectivity index (χ0) is 20.5. The SMILES string of the molecule is COc1cc(/C=C2\SC(=N)N(c3ccc4c(c3)OCO4)C2=O)cc(OC)c1OC. The molecule has 2 aromatic rings. The fraction of sp³-hybridized carbons (Fsp3) is 0.200. The van der Waals surface area contributed by atoms with Crippen molar-refractivity contribution in [3.8, 4) is 28.7 Å². The summed E-state index contributed by atoms with van der Waals surface area (Å²) >= 11 is 1.08. The van der Waals surface area contributed by atoms with Crippen LogP contribution in [0.25, 0.3) is 6.08 Å². The molecule has 2 aliphatic heterocycles. The molecule has 2 heterocycles. The molecule has 2 aliphatic rings. The molecule has 0 saturated carbocycles. The number of anilines is 1. The lowest BCUT2D eigenvalue weighted by molar-refractivity contribution is -0.113. The zero-order valence-corrected chi connectivity index (χ0v) is 16.8. The summed E-state index contributed by atoms with van der Waals surface area (Å²) in [6.45, 7) is 0.144. The molecule has 0 unspecified atom stereocenters. The lowest BCUT2D eigenvalue weighted by Gasteiger charge is -2.15. The van der Waals surface area contributed by atoms with Gasteiger partial charge in [-0.3, -0.25) is 15.1 Å². The molecule has 1 amide bonds. The van der Waals surface area contributed by atoms with Crippen LogP contribution in [0.4, 0.5) is 5.69 Å². The van der Waals surface area contributed by atoms with Crippen LogP contribution in [0.15, 0.2) is 35.2 Å². The van der Waals surface area contributed by atoms with Crippen molar-refractivity contribution < 1.29 is 28.5 Å². The smallest absolute Gasteiger partial charge is 0.271 e. The Balaban J connectivity index is 1.68. The topological polar surface area (TPSA) is 90.3 Å². The summed E-state index contributed by atoms with van der Waals surface area (Å²) in [7, 11) is 4.58. The van der Waals surface area contributed by atoms with Crippen LogP contribution in [0.5, 0.6) is 28.7 Å². The van der Waals surface area contributed by atoms with E-state index in [1.54, 1.807) is 36.4 Å². The maximum absolute atomic E-state index is 13.0. The van der Waals surface area contributed by atoms with E-state index in [4.69, 9.17) is 29.1 Å². The van der Waals surface area contributed by atoms with Crippen LogP contribution in [0, 0.1) is 5.41 Å². The summed E-state index contributed by atoms with van der Waals surface area (Å²) in [5, 5.41) is 8.38. The van der Waals surface area contributed by atoms with E-state index >= 15 is 0 Å². The first kappa shape index (κ1) is 19.0. The molecule has 29 heavy (non-hydrogen) atoms. The molecule has 0 bridgehead atoms. The maximum atomic E-state index is 13.0. The molecule has 0 atom stereocenters. The molecule has 0 aromatic heterocycles. The van der Waals surface area contributed by atoms with Gasteiger partial charge in [-0.15, -0.1) is 0 Å². The molecule has 0 aliphatic carbocycles. The highest BCUT2D eigenvalue weighted by Gasteiger charge is 2.34. The fourth-order valence-electron chi connectivity index (χ4n) is 3.08. The second kappa shape index (κ2) is 7.59. The first-order chi connectivity index (χ1) is 14.0. The van der Waals surface area contributed by atoms with Crippen LogP contribution in [-0.4, -0.2) is 39.2 Å². The van der Waals surface area contributed by atoms with Crippen LogP contribution in [-0.2, 0) is 4.79 Å². The molecule has 0 radical (unpaired) electrons. The third kappa shape index (κ3) is 3.33. The number of carbonyl (C=O) groups excluding carboxylic acids is 1. The van der Waals surface area contributed by atoms with E-state index in [1.165, 1.54) is 26.2 Å². The van der Waals surface area contributed by atoms with Crippen molar-refractivity contribution in [1.29, 1.82) is 5.41 Å². The van der Waals surface area contributed by atoms with Gasteiger partial charge in [0.25, 0.3) is 5.91 Å². The summed E-state index contributed by atoms with van der Waals surface area (Å²) in [6, 6.07) is 8.63. The van der Waals surface area contributed by atoms with E-state index in [0.717, 1.165) is 11.8 Å². The Morgan fingerprint density at radius 1 is 1.03 bits per heavy atom. The van der Waals surface area contributed by atoms with E-state index in [1.807, 2.05) is 0 Å². The summed E-state index contributed by atoms with van der Waals surface area (Å²) < 4.78 is 26.7. The molecule has 8 nitrogen and oxygen atoms in total. The van der Waals surface area contributed by atoms with Gasteiger partial charge < -0.3 is 23.7 Å². The van der Waals surface area contributed by atoms with Gasteiger partial charge in [-0.2, -0.15) is 0 Å². The molecule has 1 N–H and O–H groups in total. The van der Waals surface area contributed by atoms with Crippen molar-refractivity contribution >= 4 is 34.6 Å². The normalized spacial score (nSPS) is 16.5. The van der Waals surface area contributed by atoms with Crippen LogP contribution in [0.2, 0.25) is 0 Å². The van der Waals surface area contributed by atoms with E-state index in [-0.39, 0.29) is 17.9 Å². The number of carbonyl (C=O) groups is 1. The van der Waals surface area contributed by atoms with Crippen LogP contribution in [0.3, 0.4) is 0 Å². The number of amidine groups is 1. The highest BCUT2D eigenvalue weighted by Crippen LogP contribution is 2.42.